The molecule has 0 saturated carbocycles. The number of rotatable bonds is 7. The number of nitrogens with zero attached hydrogens (tertiary/aromatic N) is 2. The minimum absolute atomic E-state index is 0.0253. The number of hydrogen-bond acceptors (Lipinski definition) is 8. The highest BCUT2D eigenvalue weighted by atomic mass is 32.2. The highest BCUT2D eigenvalue weighted by Gasteiger charge is 2.30. The van der Waals surface area contributed by atoms with E-state index in [1.807, 2.05) is 13.8 Å². The summed E-state index contributed by atoms with van der Waals surface area (Å²) in [6.07, 6.45) is 3.61. The minimum Gasteiger partial charge on any atom is -0.444 e. The predicted octanol–water partition coefficient (Wildman–Crippen LogP) is 2.22. The molecule has 4 N–H and O–H groups in total. The molecule has 162 valence electrons. The third kappa shape index (κ3) is 5.88. The fraction of sp³-hybridized carbons (Fsp3) is 0.421. The molecule has 2 aromatic rings. The molecule has 1 amide bonds. The van der Waals surface area contributed by atoms with E-state index in [2.05, 4.69) is 20.6 Å². The Morgan fingerprint density at radius 2 is 1.97 bits per heavy atom. The monoisotopic (exact) mass is 435 g/mol. The van der Waals surface area contributed by atoms with Crippen molar-refractivity contribution in [3.05, 3.63) is 42.2 Å². The Hall–Kier alpha value is -2.76. The number of nitrogens with one attached hydrogen (secondary N) is 2. The van der Waals surface area contributed by atoms with Crippen molar-refractivity contribution >= 4 is 27.8 Å². The van der Waals surface area contributed by atoms with Crippen molar-refractivity contribution in [2.75, 3.05) is 11.9 Å². The third-order valence-electron chi connectivity index (χ3n) is 4.69. The zero-order valence-corrected chi connectivity index (χ0v) is 17.6. The quantitative estimate of drug-likeness (QED) is 0.600. The van der Waals surface area contributed by atoms with E-state index in [-0.39, 0.29) is 23.1 Å². The molecule has 1 aliphatic heterocycles. The summed E-state index contributed by atoms with van der Waals surface area (Å²) >= 11 is 0. The summed E-state index contributed by atoms with van der Waals surface area (Å²) in [5, 5.41) is 10.8. The molecule has 0 spiro atoms. The summed E-state index contributed by atoms with van der Waals surface area (Å²) in [6, 6.07) is 6.00. The first-order chi connectivity index (χ1) is 14.2. The van der Waals surface area contributed by atoms with Gasteiger partial charge in [0.2, 0.25) is 16.0 Å². The number of carbonyl (C=O) groups is 1. The van der Waals surface area contributed by atoms with E-state index in [1.54, 1.807) is 24.5 Å². The topological polar surface area (TPSA) is 146 Å². The number of amides is 1. The standard InChI is InChI=1S/C19H25N5O5S/c1-3-12(2)23-19(25)29-15-8-17(28-11-15)13-9-21-18(22-10-13)24-14-4-6-16(7-5-14)30(20,26)27/h4-7,9-10,12,15,17H,3,8,11H2,1-2H3,(H,23,25)(H2,20,26,27)(H,21,22,24)/t12-,15?,17?/m0/s1. The number of anilines is 2. The maximum absolute atomic E-state index is 11.8. The normalized spacial score (nSPS) is 19.8. The molecule has 0 radical (unpaired) electrons. The summed E-state index contributed by atoms with van der Waals surface area (Å²) in [7, 11) is -3.74. The first-order valence-electron chi connectivity index (χ1n) is 9.55. The molecule has 11 heteroatoms. The number of aromatic nitrogens is 2. The molecule has 10 nitrogen and oxygen atoms in total. The minimum atomic E-state index is -3.74. The van der Waals surface area contributed by atoms with Crippen molar-refractivity contribution in [2.45, 2.75) is 49.8 Å². The lowest BCUT2D eigenvalue weighted by atomic mass is 10.1. The Bertz CT molecular complexity index is 966. The molecule has 1 fully saturated rings. The fourth-order valence-electron chi connectivity index (χ4n) is 2.83. The van der Waals surface area contributed by atoms with Crippen molar-refractivity contribution < 1.29 is 22.7 Å². The van der Waals surface area contributed by atoms with Crippen LogP contribution >= 0.6 is 0 Å². The fourth-order valence-corrected chi connectivity index (χ4v) is 3.34. The van der Waals surface area contributed by atoms with Crippen LogP contribution in [0.25, 0.3) is 0 Å². The second-order valence-corrected chi connectivity index (χ2v) is 8.63. The lowest BCUT2D eigenvalue weighted by molar-refractivity contribution is 0.0686. The second-order valence-electron chi connectivity index (χ2n) is 7.07. The number of nitrogens with two attached hydrogens (primary N) is 1. The van der Waals surface area contributed by atoms with Crippen molar-refractivity contribution in [3.63, 3.8) is 0 Å². The Morgan fingerprint density at radius 3 is 2.57 bits per heavy atom. The van der Waals surface area contributed by atoms with Crippen molar-refractivity contribution in [1.29, 1.82) is 0 Å². The van der Waals surface area contributed by atoms with E-state index in [4.69, 9.17) is 14.6 Å². The van der Waals surface area contributed by atoms with Crippen LogP contribution in [0.15, 0.2) is 41.6 Å². The molecule has 2 unspecified atom stereocenters. The molecule has 30 heavy (non-hydrogen) atoms. The van der Waals surface area contributed by atoms with Crippen LogP contribution in [0.1, 0.15) is 38.4 Å². The Kier molecular flexibility index (Phi) is 6.85. The van der Waals surface area contributed by atoms with Crippen LogP contribution in [0.2, 0.25) is 0 Å². The van der Waals surface area contributed by atoms with Gasteiger partial charge in [-0.3, -0.25) is 0 Å². The number of hydrogen-bond donors (Lipinski definition) is 3. The molecule has 3 rings (SSSR count). The van der Waals surface area contributed by atoms with Gasteiger partial charge in [-0.2, -0.15) is 0 Å². The zero-order chi connectivity index (χ0) is 21.7. The van der Waals surface area contributed by atoms with Crippen molar-refractivity contribution in [3.8, 4) is 0 Å². The lowest BCUT2D eigenvalue weighted by Crippen LogP contribution is -2.35. The second kappa shape index (κ2) is 9.37. The smallest absolute Gasteiger partial charge is 0.407 e. The van der Waals surface area contributed by atoms with Gasteiger partial charge >= 0.3 is 6.09 Å². The number of benzene rings is 1. The summed E-state index contributed by atoms with van der Waals surface area (Å²) in [6.45, 7) is 4.21. The molecule has 0 aliphatic carbocycles. The summed E-state index contributed by atoms with van der Waals surface area (Å²) in [5.74, 6) is 0.348. The van der Waals surface area contributed by atoms with Gasteiger partial charge in [-0.15, -0.1) is 0 Å². The van der Waals surface area contributed by atoms with Crippen LogP contribution < -0.4 is 15.8 Å². The predicted molar refractivity (Wildman–Crippen MR) is 110 cm³/mol. The SMILES string of the molecule is CC[C@H](C)NC(=O)OC1COC(c2cnc(Nc3ccc(S(N)(=O)=O)cc3)nc2)C1. The van der Waals surface area contributed by atoms with E-state index in [1.165, 1.54) is 12.1 Å². The van der Waals surface area contributed by atoms with Crippen LogP contribution in [0.4, 0.5) is 16.4 Å². The first kappa shape index (κ1) is 21.9. The number of ether oxygens (including phenoxy) is 2. The van der Waals surface area contributed by atoms with Crippen LogP contribution in [0.5, 0.6) is 0 Å². The molecular weight excluding hydrogens is 410 g/mol. The molecule has 2 heterocycles. The lowest BCUT2D eigenvalue weighted by Gasteiger charge is -2.15. The highest BCUT2D eigenvalue weighted by molar-refractivity contribution is 7.89. The van der Waals surface area contributed by atoms with E-state index in [0.29, 0.717) is 24.7 Å². The number of primary sulfonamides is 1. The summed E-state index contributed by atoms with van der Waals surface area (Å²) in [4.78, 5) is 20.4. The van der Waals surface area contributed by atoms with E-state index < -0.39 is 16.1 Å². The average Bonchev–Trinajstić information content (AvgIpc) is 3.16. The maximum atomic E-state index is 11.8. The van der Waals surface area contributed by atoms with E-state index >= 15 is 0 Å². The average molecular weight is 436 g/mol. The van der Waals surface area contributed by atoms with Gasteiger partial charge in [-0.1, -0.05) is 6.92 Å². The van der Waals surface area contributed by atoms with Gasteiger partial charge < -0.3 is 20.1 Å². The van der Waals surface area contributed by atoms with Crippen molar-refractivity contribution in [2.24, 2.45) is 5.14 Å². The molecule has 1 aromatic carbocycles. The van der Waals surface area contributed by atoms with E-state index in [0.717, 1.165) is 12.0 Å². The van der Waals surface area contributed by atoms with Gasteiger partial charge in [0.25, 0.3) is 0 Å². The van der Waals surface area contributed by atoms with Gasteiger partial charge in [0.1, 0.15) is 6.10 Å². The summed E-state index contributed by atoms with van der Waals surface area (Å²) < 4.78 is 33.7. The van der Waals surface area contributed by atoms with Crippen LogP contribution in [-0.4, -0.2) is 43.2 Å². The Labute approximate surface area is 175 Å². The number of sulfonamides is 1. The van der Waals surface area contributed by atoms with E-state index in [9.17, 15) is 13.2 Å². The zero-order valence-electron chi connectivity index (χ0n) is 16.7. The van der Waals surface area contributed by atoms with Gasteiger partial charge in [0, 0.05) is 36.1 Å². The van der Waals surface area contributed by atoms with Gasteiger partial charge in [0.05, 0.1) is 17.6 Å². The van der Waals surface area contributed by atoms with Gasteiger partial charge in [-0.05, 0) is 37.6 Å². The maximum Gasteiger partial charge on any atom is 0.407 e. The van der Waals surface area contributed by atoms with Crippen LogP contribution in [-0.2, 0) is 19.5 Å². The largest absolute Gasteiger partial charge is 0.444 e. The first-order valence-corrected chi connectivity index (χ1v) is 11.1. The molecule has 1 aliphatic rings. The van der Waals surface area contributed by atoms with Gasteiger partial charge in [0.15, 0.2) is 0 Å². The molecule has 1 aromatic heterocycles. The molecule has 3 atom stereocenters. The molecule has 1 saturated heterocycles. The van der Waals surface area contributed by atoms with Crippen LogP contribution in [0, 0.1) is 0 Å². The third-order valence-corrected chi connectivity index (χ3v) is 5.62. The molecule has 0 bridgehead atoms. The number of alkyl carbamates (subject to hydrolysis) is 1. The number of carbonyl (C=O) groups excluding carboxylic acids is 1. The van der Waals surface area contributed by atoms with Crippen molar-refractivity contribution in [1.82, 2.24) is 15.3 Å². The highest BCUT2D eigenvalue weighted by Crippen LogP contribution is 2.30. The molecular formula is C19H25N5O5S. The van der Waals surface area contributed by atoms with Gasteiger partial charge in [-0.25, -0.2) is 28.3 Å². The Morgan fingerprint density at radius 1 is 1.30 bits per heavy atom. The Balaban J connectivity index is 1.54. The van der Waals surface area contributed by atoms with Crippen LogP contribution in [0.3, 0.4) is 0 Å². The summed E-state index contributed by atoms with van der Waals surface area (Å²) in [5.41, 5.74) is 1.40.